The molecule has 4 heteroatoms. The van der Waals surface area contributed by atoms with Gasteiger partial charge in [-0.25, -0.2) is 9.18 Å². The predicted molar refractivity (Wildman–Crippen MR) is 44.6 cm³/mol. The third kappa shape index (κ3) is 1.26. The SMILES string of the molecule is C=C1NC(=O)Oc2cc(F)ccc21. The van der Waals surface area contributed by atoms with Crippen LogP contribution in [-0.2, 0) is 0 Å². The van der Waals surface area contributed by atoms with Crippen LogP contribution in [0.15, 0.2) is 24.8 Å². The highest BCUT2D eigenvalue weighted by atomic mass is 19.1. The van der Waals surface area contributed by atoms with Crippen molar-refractivity contribution in [3.05, 3.63) is 36.2 Å². The number of hydrogen-bond donors (Lipinski definition) is 1. The molecule has 1 aromatic carbocycles. The highest BCUT2D eigenvalue weighted by molar-refractivity contribution is 5.88. The summed E-state index contributed by atoms with van der Waals surface area (Å²) in [5, 5.41) is 2.38. The Morgan fingerprint density at radius 1 is 1.46 bits per heavy atom. The van der Waals surface area contributed by atoms with Gasteiger partial charge in [-0.15, -0.1) is 0 Å². The molecule has 0 aliphatic carbocycles. The van der Waals surface area contributed by atoms with E-state index in [1.165, 1.54) is 12.1 Å². The summed E-state index contributed by atoms with van der Waals surface area (Å²) in [5.74, 6) is -0.241. The molecule has 0 aromatic heterocycles. The maximum Gasteiger partial charge on any atom is 0.417 e. The van der Waals surface area contributed by atoms with Crippen LogP contribution in [-0.4, -0.2) is 6.09 Å². The second-order valence-corrected chi connectivity index (χ2v) is 2.63. The van der Waals surface area contributed by atoms with E-state index in [1.807, 2.05) is 0 Å². The Bertz CT molecular complexity index is 401. The molecule has 1 aliphatic heterocycles. The zero-order valence-corrected chi connectivity index (χ0v) is 6.63. The minimum absolute atomic E-state index is 0.203. The molecular formula is C9H6FNO2. The van der Waals surface area contributed by atoms with Crippen molar-refractivity contribution in [3.63, 3.8) is 0 Å². The Balaban J connectivity index is 2.55. The molecule has 0 radical (unpaired) electrons. The molecule has 66 valence electrons. The topological polar surface area (TPSA) is 38.3 Å². The van der Waals surface area contributed by atoms with Gasteiger partial charge in [-0.1, -0.05) is 6.58 Å². The van der Waals surface area contributed by atoms with E-state index in [9.17, 15) is 9.18 Å². The first-order valence-electron chi connectivity index (χ1n) is 3.64. The third-order valence-electron chi connectivity index (χ3n) is 1.72. The summed E-state index contributed by atoms with van der Waals surface area (Å²) in [6, 6.07) is 3.94. The third-order valence-corrected chi connectivity index (χ3v) is 1.72. The van der Waals surface area contributed by atoms with E-state index >= 15 is 0 Å². The molecule has 0 saturated heterocycles. The highest BCUT2D eigenvalue weighted by Crippen LogP contribution is 2.27. The molecule has 0 unspecified atom stereocenters. The summed E-state index contributed by atoms with van der Waals surface area (Å²) in [6.07, 6.45) is -0.636. The molecule has 1 N–H and O–H groups in total. The zero-order chi connectivity index (χ0) is 9.42. The Hall–Kier alpha value is -1.84. The zero-order valence-electron chi connectivity index (χ0n) is 6.63. The monoisotopic (exact) mass is 179 g/mol. The van der Waals surface area contributed by atoms with Crippen LogP contribution in [0.25, 0.3) is 5.70 Å². The first-order valence-corrected chi connectivity index (χ1v) is 3.64. The Morgan fingerprint density at radius 2 is 2.23 bits per heavy atom. The minimum Gasteiger partial charge on any atom is -0.409 e. The smallest absolute Gasteiger partial charge is 0.409 e. The van der Waals surface area contributed by atoms with Gasteiger partial charge in [0.2, 0.25) is 0 Å². The number of amides is 1. The maximum atomic E-state index is 12.7. The van der Waals surface area contributed by atoms with Crippen LogP contribution in [0, 0.1) is 5.82 Å². The Morgan fingerprint density at radius 3 is 3.00 bits per heavy atom. The van der Waals surface area contributed by atoms with Gasteiger partial charge in [-0.05, 0) is 12.1 Å². The molecular weight excluding hydrogens is 173 g/mol. The molecule has 1 aromatic rings. The van der Waals surface area contributed by atoms with Crippen LogP contribution < -0.4 is 10.1 Å². The fourth-order valence-electron chi connectivity index (χ4n) is 1.15. The number of hydrogen-bond acceptors (Lipinski definition) is 2. The quantitative estimate of drug-likeness (QED) is 0.660. The van der Waals surface area contributed by atoms with Gasteiger partial charge in [-0.2, -0.15) is 0 Å². The van der Waals surface area contributed by atoms with Crippen LogP contribution in [0.4, 0.5) is 9.18 Å². The van der Waals surface area contributed by atoms with E-state index in [1.54, 1.807) is 0 Å². The molecule has 0 bridgehead atoms. The standard InChI is InChI=1S/C9H6FNO2/c1-5-7-3-2-6(10)4-8(7)13-9(12)11-5/h2-4H,1H2,(H,11,12). The van der Waals surface area contributed by atoms with E-state index in [0.717, 1.165) is 6.07 Å². The maximum absolute atomic E-state index is 12.7. The van der Waals surface area contributed by atoms with E-state index in [2.05, 4.69) is 11.9 Å². The van der Waals surface area contributed by atoms with E-state index in [-0.39, 0.29) is 5.75 Å². The molecule has 0 saturated carbocycles. The van der Waals surface area contributed by atoms with Gasteiger partial charge in [0.15, 0.2) is 0 Å². The van der Waals surface area contributed by atoms with Crippen LogP contribution in [0.1, 0.15) is 5.56 Å². The van der Waals surface area contributed by atoms with Crippen molar-refractivity contribution in [2.24, 2.45) is 0 Å². The molecule has 1 heterocycles. The van der Waals surface area contributed by atoms with Crippen LogP contribution >= 0.6 is 0 Å². The molecule has 13 heavy (non-hydrogen) atoms. The number of nitrogens with one attached hydrogen (secondary N) is 1. The van der Waals surface area contributed by atoms with E-state index in [0.29, 0.717) is 11.3 Å². The Kier molecular flexibility index (Phi) is 1.55. The van der Waals surface area contributed by atoms with Gasteiger partial charge in [0.25, 0.3) is 0 Å². The van der Waals surface area contributed by atoms with Crippen molar-refractivity contribution >= 4 is 11.8 Å². The number of carbonyl (C=O) groups excluding carboxylic acids is 1. The number of benzene rings is 1. The predicted octanol–water partition coefficient (Wildman–Crippen LogP) is 1.90. The summed E-state index contributed by atoms with van der Waals surface area (Å²) in [7, 11) is 0. The number of rotatable bonds is 0. The van der Waals surface area contributed by atoms with Crippen molar-refractivity contribution in [2.75, 3.05) is 0 Å². The molecule has 1 aliphatic rings. The van der Waals surface area contributed by atoms with Gasteiger partial charge < -0.3 is 4.74 Å². The highest BCUT2D eigenvalue weighted by Gasteiger charge is 2.19. The summed E-state index contributed by atoms with van der Waals surface area (Å²) in [5.41, 5.74) is 1.02. The van der Waals surface area contributed by atoms with Crippen molar-refractivity contribution in [2.45, 2.75) is 0 Å². The molecule has 3 nitrogen and oxygen atoms in total. The fourth-order valence-corrected chi connectivity index (χ4v) is 1.15. The molecule has 0 fully saturated rings. The van der Waals surface area contributed by atoms with E-state index in [4.69, 9.17) is 4.74 Å². The van der Waals surface area contributed by atoms with Crippen LogP contribution in [0.5, 0.6) is 5.75 Å². The average molecular weight is 179 g/mol. The number of fused-ring (bicyclic) bond motifs is 1. The summed E-state index contributed by atoms with van der Waals surface area (Å²) < 4.78 is 17.4. The molecule has 1 amide bonds. The van der Waals surface area contributed by atoms with E-state index < -0.39 is 11.9 Å². The molecule has 0 atom stereocenters. The second-order valence-electron chi connectivity index (χ2n) is 2.63. The fraction of sp³-hybridized carbons (Fsp3) is 0. The first-order chi connectivity index (χ1) is 6.16. The summed E-state index contributed by atoms with van der Waals surface area (Å²) in [6.45, 7) is 3.60. The van der Waals surface area contributed by atoms with Crippen molar-refractivity contribution in [1.82, 2.24) is 5.32 Å². The number of ether oxygens (including phenoxy) is 1. The number of carbonyl (C=O) groups is 1. The summed E-state index contributed by atoms with van der Waals surface area (Å²) in [4.78, 5) is 10.8. The lowest BCUT2D eigenvalue weighted by Crippen LogP contribution is -2.29. The lowest BCUT2D eigenvalue weighted by Gasteiger charge is -2.18. The van der Waals surface area contributed by atoms with Crippen molar-refractivity contribution in [1.29, 1.82) is 0 Å². The normalized spacial score (nSPS) is 14.5. The Labute approximate surface area is 73.8 Å². The number of halogens is 1. The second kappa shape index (κ2) is 2.58. The van der Waals surface area contributed by atoms with Crippen LogP contribution in [0.2, 0.25) is 0 Å². The van der Waals surface area contributed by atoms with Crippen LogP contribution in [0.3, 0.4) is 0 Å². The minimum atomic E-state index is -0.636. The van der Waals surface area contributed by atoms with Gasteiger partial charge in [0.1, 0.15) is 11.6 Å². The summed E-state index contributed by atoms with van der Waals surface area (Å²) >= 11 is 0. The van der Waals surface area contributed by atoms with Gasteiger partial charge >= 0.3 is 6.09 Å². The van der Waals surface area contributed by atoms with Gasteiger partial charge in [0.05, 0.1) is 0 Å². The molecule has 0 spiro atoms. The van der Waals surface area contributed by atoms with Crippen molar-refractivity contribution < 1.29 is 13.9 Å². The lowest BCUT2D eigenvalue weighted by atomic mass is 10.1. The average Bonchev–Trinajstić information content (AvgIpc) is 2.02. The first kappa shape index (κ1) is 7.79. The van der Waals surface area contributed by atoms with Crippen molar-refractivity contribution in [3.8, 4) is 5.75 Å². The lowest BCUT2D eigenvalue weighted by molar-refractivity contribution is 0.203. The van der Waals surface area contributed by atoms with Gasteiger partial charge in [0, 0.05) is 17.3 Å². The van der Waals surface area contributed by atoms with Gasteiger partial charge in [-0.3, -0.25) is 5.32 Å². The largest absolute Gasteiger partial charge is 0.417 e. The molecule has 2 rings (SSSR count).